The summed E-state index contributed by atoms with van der Waals surface area (Å²) >= 11 is 0. The zero-order valence-electron chi connectivity index (χ0n) is 13.9. The molecule has 1 amide bonds. The Balaban J connectivity index is 1.94. The summed E-state index contributed by atoms with van der Waals surface area (Å²) in [5.74, 6) is -0.845. The lowest BCUT2D eigenvalue weighted by atomic mass is 10.1. The SMILES string of the molecule is Cc1cc(C)cc(C(=O)OCC(=O)Nc2ccc(C)cc2C)c1. The fourth-order valence-corrected chi connectivity index (χ4v) is 2.45. The van der Waals surface area contributed by atoms with Crippen molar-refractivity contribution in [2.45, 2.75) is 27.7 Å². The number of hydrogen-bond donors (Lipinski definition) is 1. The molecular formula is C19H21NO3. The van der Waals surface area contributed by atoms with Gasteiger partial charge in [-0.25, -0.2) is 4.79 Å². The first-order valence-corrected chi connectivity index (χ1v) is 7.47. The zero-order valence-corrected chi connectivity index (χ0v) is 13.9. The maximum absolute atomic E-state index is 12.0. The Morgan fingerprint density at radius 2 is 1.57 bits per heavy atom. The van der Waals surface area contributed by atoms with Gasteiger partial charge in [0.05, 0.1) is 5.56 Å². The van der Waals surface area contributed by atoms with Gasteiger partial charge in [0.15, 0.2) is 6.61 Å². The van der Waals surface area contributed by atoms with Gasteiger partial charge in [-0.3, -0.25) is 4.79 Å². The van der Waals surface area contributed by atoms with Crippen LogP contribution in [0.1, 0.15) is 32.6 Å². The van der Waals surface area contributed by atoms with Crippen LogP contribution < -0.4 is 5.32 Å². The molecule has 0 aromatic heterocycles. The van der Waals surface area contributed by atoms with Gasteiger partial charge in [-0.15, -0.1) is 0 Å². The number of rotatable bonds is 4. The first-order chi connectivity index (χ1) is 10.8. The number of carbonyl (C=O) groups excluding carboxylic acids is 2. The van der Waals surface area contributed by atoms with Crippen molar-refractivity contribution in [2.75, 3.05) is 11.9 Å². The lowest BCUT2D eigenvalue weighted by Crippen LogP contribution is -2.21. The van der Waals surface area contributed by atoms with Crippen LogP contribution in [0.5, 0.6) is 0 Å². The Morgan fingerprint density at radius 1 is 0.913 bits per heavy atom. The van der Waals surface area contributed by atoms with Crippen LogP contribution in [0.3, 0.4) is 0 Å². The molecule has 0 aliphatic rings. The van der Waals surface area contributed by atoms with E-state index in [0.29, 0.717) is 5.56 Å². The van der Waals surface area contributed by atoms with Crippen molar-refractivity contribution in [3.63, 3.8) is 0 Å². The lowest BCUT2D eigenvalue weighted by molar-refractivity contribution is -0.119. The molecule has 120 valence electrons. The van der Waals surface area contributed by atoms with Gasteiger partial charge < -0.3 is 10.1 Å². The second kappa shape index (κ2) is 7.09. The molecule has 0 aliphatic heterocycles. The van der Waals surface area contributed by atoms with E-state index in [-0.39, 0.29) is 12.5 Å². The van der Waals surface area contributed by atoms with Crippen LogP contribution in [-0.2, 0) is 9.53 Å². The van der Waals surface area contributed by atoms with Crippen molar-refractivity contribution in [2.24, 2.45) is 0 Å². The van der Waals surface area contributed by atoms with Gasteiger partial charge in [-0.05, 0) is 51.5 Å². The third kappa shape index (κ3) is 4.68. The third-order valence-electron chi connectivity index (χ3n) is 3.45. The predicted octanol–water partition coefficient (Wildman–Crippen LogP) is 3.72. The molecule has 0 fully saturated rings. The molecule has 0 saturated heterocycles. The molecule has 1 N–H and O–H groups in total. The van der Waals surface area contributed by atoms with Crippen molar-refractivity contribution in [1.29, 1.82) is 0 Å². The van der Waals surface area contributed by atoms with Crippen LogP contribution >= 0.6 is 0 Å². The summed E-state index contributed by atoms with van der Waals surface area (Å²) in [6, 6.07) is 11.2. The van der Waals surface area contributed by atoms with E-state index >= 15 is 0 Å². The third-order valence-corrected chi connectivity index (χ3v) is 3.45. The number of amides is 1. The molecule has 0 spiro atoms. The molecule has 2 rings (SSSR count). The number of anilines is 1. The van der Waals surface area contributed by atoms with Crippen LogP contribution in [-0.4, -0.2) is 18.5 Å². The highest BCUT2D eigenvalue weighted by Gasteiger charge is 2.12. The van der Waals surface area contributed by atoms with Gasteiger partial charge in [-0.1, -0.05) is 34.9 Å². The van der Waals surface area contributed by atoms with E-state index in [1.54, 1.807) is 12.1 Å². The smallest absolute Gasteiger partial charge is 0.338 e. The fourth-order valence-electron chi connectivity index (χ4n) is 2.45. The molecule has 2 aromatic rings. The highest BCUT2D eigenvalue weighted by molar-refractivity contribution is 5.96. The maximum atomic E-state index is 12.0. The number of aryl methyl sites for hydroxylation is 4. The normalized spacial score (nSPS) is 10.3. The number of ether oxygens (including phenoxy) is 1. The van der Waals surface area contributed by atoms with Gasteiger partial charge in [0.2, 0.25) is 0 Å². The number of hydrogen-bond acceptors (Lipinski definition) is 3. The van der Waals surface area contributed by atoms with Gasteiger partial charge >= 0.3 is 5.97 Å². The average Bonchev–Trinajstić information content (AvgIpc) is 2.46. The monoisotopic (exact) mass is 311 g/mol. The van der Waals surface area contributed by atoms with Crippen molar-refractivity contribution in [1.82, 2.24) is 0 Å². The minimum Gasteiger partial charge on any atom is -0.452 e. The molecule has 0 saturated carbocycles. The molecule has 0 aliphatic carbocycles. The maximum Gasteiger partial charge on any atom is 0.338 e. The molecule has 4 heteroatoms. The van der Waals surface area contributed by atoms with E-state index in [4.69, 9.17) is 4.74 Å². The Bertz CT molecular complexity index is 730. The predicted molar refractivity (Wildman–Crippen MR) is 90.7 cm³/mol. The van der Waals surface area contributed by atoms with Crippen molar-refractivity contribution >= 4 is 17.6 Å². The van der Waals surface area contributed by atoms with Crippen LogP contribution in [0.25, 0.3) is 0 Å². The van der Waals surface area contributed by atoms with E-state index in [2.05, 4.69) is 5.32 Å². The minimum atomic E-state index is -0.493. The number of nitrogens with one attached hydrogen (secondary N) is 1. The lowest BCUT2D eigenvalue weighted by Gasteiger charge is -2.10. The molecule has 2 aromatic carbocycles. The highest BCUT2D eigenvalue weighted by Crippen LogP contribution is 2.16. The Labute approximate surface area is 136 Å². The van der Waals surface area contributed by atoms with Crippen molar-refractivity contribution < 1.29 is 14.3 Å². The topological polar surface area (TPSA) is 55.4 Å². The Kier molecular flexibility index (Phi) is 5.16. The largest absolute Gasteiger partial charge is 0.452 e. The summed E-state index contributed by atoms with van der Waals surface area (Å²) in [6.45, 7) is 7.43. The van der Waals surface area contributed by atoms with Crippen molar-refractivity contribution in [3.05, 3.63) is 64.2 Å². The molecule has 0 heterocycles. The first-order valence-electron chi connectivity index (χ1n) is 7.47. The second-order valence-electron chi connectivity index (χ2n) is 5.82. The van der Waals surface area contributed by atoms with Gasteiger partial charge in [0.1, 0.15) is 0 Å². The summed E-state index contributed by atoms with van der Waals surface area (Å²) < 4.78 is 5.08. The summed E-state index contributed by atoms with van der Waals surface area (Å²) in [4.78, 5) is 23.9. The Morgan fingerprint density at radius 3 is 2.17 bits per heavy atom. The van der Waals surface area contributed by atoms with E-state index in [9.17, 15) is 9.59 Å². The minimum absolute atomic E-state index is 0.306. The molecule has 0 bridgehead atoms. The van der Waals surface area contributed by atoms with Crippen LogP contribution in [0.15, 0.2) is 36.4 Å². The Hall–Kier alpha value is -2.62. The number of esters is 1. The first kappa shape index (κ1) is 16.7. The van der Waals surface area contributed by atoms with Gasteiger partial charge in [-0.2, -0.15) is 0 Å². The molecule has 0 unspecified atom stereocenters. The van der Waals surface area contributed by atoms with Crippen molar-refractivity contribution in [3.8, 4) is 0 Å². The highest BCUT2D eigenvalue weighted by atomic mass is 16.5. The molecule has 0 radical (unpaired) electrons. The summed E-state index contributed by atoms with van der Waals surface area (Å²) in [7, 11) is 0. The van der Waals surface area contributed by atoms with E-state index in [1.807, 2.05) is 52.0 Å². The fraction of sp³-hybridized carbons (Fsp3) is 0.263. The zero-order chi connectivity index (χ0) is 17.0. The van der Waals surface area contributed by atoms with E-state index in [0.717, 1.165) is 27.9 Å². The average molecular weight is 311 g/mol. The quantitative estimate of drug-likeness (QED) is 0.876. The number of carbonyl (C=O) groups is 2. The van der Waals surface area contributed by atoms with Crippen LogP contribution in [0.4, 0.5) is 5.69 Å². The van der Waals surface area contributed by atoms with Crippen LogP contribution in [0.2, 0.25) is 0 Å². The second-order valence-corrected chi connectivity index (χ2v) is 5.82. The summed E-state index contributed by atoms with van der Waals surface area (Å²) in [5.41, 5.74) is 5.25. The summed E-state index contributed by atoms with van der Waals surface area (Å²) in [5, 5.41) is 2.75. The van der Waals surface area contributed by atoms with Crippen LogP contribution in [0, 0.1) is 27.7 Å². The molecule has 4 nitrogen and oxygen atoms in total. The van der Waals surface area contributed by atoms with E-state index < -0.39 is 5.97 Å². The number of benzene rings is 2. The van der Waals surface area contributed by atoms with E-state index in [1.165, 1.54) is 0 Å². The molecular weight excluding hydrogens is 290 g/mol. The molecule has 23 heavy (non-hydrogen) atoms. The summed E-state index contributed by atoms with van der Waals surface area (Å²) in [6.07, 6.45) is 0. The standard InChI is InChI=1S/C19H21NO3/c1-12-5-6-17(15(4)8-12)20-18(21)11-23-19(22)16-9-13(2)7-14(3)10-16/h5-10H,11H2,1-4H3,(H,20,21). The molecule has 0 atom stereocenters. The van der Waals surface area contributed by atoms with Gasteiger partial charge in [0.25, 0.3) is 5.91 Å². The van der Waals surface area contributed by atoms with Gasteiger partial charge in [0, 0.05) is 5.69 Å².